The average Bonchev–Trinajstić information content (AvgIpc) is 2.96. The van der Waals surface area contributed by atoms with Crippen LogP contribution in [0.4, 0.5) is 4.79 Å². The third-order valence-electron chi connectivity index (χ3n) is 3.24. The predicted octanol–water partition coefficient (Wildman–Crippen LogP) is 2.44. The molecule has 1 unspecified atom stereocenters. The van der Waals surface area contributed by atoms with E-state index in [0.717, 1.165) is 28.7 Å². The summed E-state index contributed by atoms with van der Waals surface area (Å²) >= 11 is 4.95. The molecule has 2 saturated heterocycles. The summed E-state index contributed by atoms with van der Waals surface area (Å²) in [6.07, 6.45) is 1.76. The number of carbonyl (C=O) groups excluding carboxylic acids is 2. The van der Waals surface area contributed by atoms with E-state index in [1.165, 1.54) is 4.90 Å². The highest BCUT2D eigenvalue weighted by Gasteiger charge is 2.47. The second-order valence-corrected chi connectivity index (χ2v) is 6.61. The van der Waals surface area contributed by atoms with Gasteiger partial charge in [0.1, 0.15) is 6.04 Å². The maximum Gasteiger partial charge on any atom is 0.327 e. The molecular formula is C11H11BrN2O2S. The summed E-state index contributed by atoms with van der Waals surface area (Å²) in [5.41, 5.74) is 1.00. The van der Waals surface area contributed by atoms with E-state index in [9.17, 15) is 9.59 Å². The van der Waals surface area contributed by atoms with E-state index in [1.54, 1.807) is 16.2 Å². The molecule has 0 bridgehead atoms. The van der Waals surface area contributed by atoms with Gasteiger partial charge in [0.25, 0.3) is 5.91 Å². The highest BCUT2D eigenvalue weighted by Crippen LogP contribution is 2.29. The van der Waals surface area contributed by atoms with Crippen molar-refractivity contribution in [2.24, 2.45) is 0 Å². The maximum atomic E-state index is 12.1. The molecule has 0 aliphatic carbocycles. The van der Waals surface area contributed by atoms with Gasteiger partial charge in [-0.2, -0.15) is 0 Å². The predicted molar refractivity (Wildman–Crippen MR) is 67.7 cm³/mol. The van der Waals surface area contributed by atoms with Crippen LogP contribution in [0, 0.1) is 0 Å². The van der Waals surface area contributed by atoms with Gasteiger partial charge >= 0.3 is 6.03 Å². The van der Waals surface area contributed by atoms with Crippen molar-refractivity contribution >= 4 is 39.2 Å². The number of halogens is 1. The molecule has 3 rings (SSSR count). The topological polar surface area (TPSA) is 40.6 Å². The van der Waals surface area contributed by atoms with E-state index in [4.69, 9.17) is 0 Å². The van der Waals surface area contributed by atoms with Crippen LogP contribution in [0.2, 0.25) is 0 Å². The lowest BCUT2D eigenvalue weighted by atomic mass is 10.2. The molecule has 0 aromatic carbocycles. The Kier molecular flexibility index (Phi) is 2.71. The van der Waals surface area contributed by atoms with Crippen LogP contribution in [-0.2, 0) is 11.3 Å². The third-order valence-corrected chi connectivity index (χ3v) is 4.80. The minimum absolute atomic E-state index is 0.0326. The van der Waals surface area contributed by atoms with E-state index in [1.807, 2.05) is 11.4 Å². The molecule has 2 aliphatic heterocycles. The quantitative estimate of drug-likeness (QED) is 0.787. The van der Waals surface area contributed by atoms with Crippen LogP contribution in [0.1, 0.15) is 18.4 Å². The molecule has 90 valence electrons. The number of imide groups is 1. The lowest BCUT2D eigenvalue weighted by Gasteiger charge is -2.14. The van der Waals surface area contributed by atoms with Crippen molar-refractivity contribution in [2.75, 3.05) is 6.54 Å². The molecule has 2 fully saturated rings. The zero-order valence-electron chi connectivity index (χ0n) is 9.06. The van der Waals surface area contributed by atoms with E-state index in [0.29, 0.717) is 6.54 Å². The Morgan fingerprint density at radius 3 is 2.94 bits per heavy atom. The molecule has 1 atom stereocenters. The number of amides is 3. The Morgan fingerprint density at radius 2 is 2.29 bits per heavy atom. The zero-order chi connectivity index (χ0) is 12.0. The van der Waals surface area contributed by atoms with Crippen molar-refractivity contribution in [3.8, 4) is 0 Å². The number of thiophene rings is 1. The number of carbonyl (C=O) groups is 2. The monoisotopic (exact) mass is 314 g/mol. The second kappa shape index (κ2) is 4.10. The van der Waals surface area contributed by atoms with Gasteiger partial charge in [0.05, 0.1) is 10.3 Å². The van der Waals surface area contributed by atoms with Gasteiger partial charge in [0.2, 0.25) is 0 Å². The fraction of sp³-hybridized carbons (Fsp3) is 0.455. The van der Waals surface area contributed by atoms with E-state index >= 15 is 0 Å². The number of hydrogen-bond donors (Lipinski definition) is 0. The number of urea groups is 1. The van der Waals surface area contributed by atoms with Crippen molar-refractivity contribution in [3.05, 3.63) is 20.8 Å². The average molecular weight is 315 g/mol. The van der Waals surface area contributed by atoms with E-state index in [2.05, 4.69) is 15.9 Å². The molecule has 0 radical (unpaired) electrons. The molecule has 17 heavy (non-hydrogen) atoms. The molecule has 0 spiro atoms. The van der Waals surface area contributed by atoms with Crippen LogP contribution in [0.25, 0.3) is 0 Å². The van der Waals surface area contributed by atoms with Crippen LogP contribution in [0.3, 0.4) is 0 Å². The summed E-state index contributed by atoms with van der Waals surface area (Å²) in [6, 6.07) is 1.64. The van der Waals surface area contributed by atoms with Gasteiger partial charge in [-0.25, -0.2) is 4.79 Å². The first-order valence-corrected chi connectivity index (χ1v) is 7.19. The summed E-state index contributed by atoms with van der Waals surface area (Å²) in [4.78, 5) is 27.2. The highest BCUT2D eigenvalue weighted by molar-refractivity contribution is 9.11. The number of hydrogen-bond acceptors (Lipinski definition) is 3. The molecule has 6 heteroatoms. The molecule has 3 amide bonds. The lowest BCUT2D eigenvalue weighted by Crippen LogP contribution is -2.32. The molecule has 2 aliphatic rings. The Balaban J connectivity index is 1.80. The molecule has 1 aromatic rings. The molecule has 4 nitrogen and oxygen atoms in total. The summed E-state index contributed by atoms with van der Waals surface area (Å²) < 4.78 is 1.02. The summed E-state index contributed by atoms with van der Waals surface area (Å²) in [6.45, 7) is 1.12. The molecule has 0 saturated carbocycles. The van der Waals surface area contributed by atoms with Crippen LogP contribution < -0.4 is 0 Å². The fourth-order valence-corrected chi connectivity index (χ4v) is 3.64. The van der Waals surface area contributed by atoms with Gasteiger partial charge < -0.3 is 4.90 Å². The summed E-state index contributed by atoms with van der Waals surface area (Å²) in [5, 5.41) is 1.97. The largest absolute Gasteiger partial charge is 0.327 e. The molecule has 0 N–H and O–H groups in total. The van der Waals surface area contributed by atoms with Crippen LogP contribution in [-0.4, -0.2) is 34.3 Å². The van der Waals surface area contributed by atoms with E-state index < -0.39 is 0 Å². The van der Waals surface area contributed by atoms with Crippen molar-refractivity contribution in [1.29, 1.82) is 0 Å². The minimum Gasteiger partial charge on any atom is -0.312 e. The Morgan fingerprint density at radius 1 is 1.47 bits per heavy atom. The molecule has 1 aromatic heterocycles. The summed E-state index contributed by atoms with van der Waals surface area (Å²) in [7, 11) is 0. The van der Waals surface area contributed by atoms with E-state index in [-0.39, 0.29) is 18.0 Å². The van der Waals surface area contributed by atoms with Gasteiger partial charge in [0, 0.05) is 6.54 Å². The Labute approximate surface area is 111 Å². The fourth-order valence-electron chi connectivity index (χ4n) is 2.44. The van der Waals surface area contributed by atoms with Crippen LogP contribution in [0.15, 0.2) is 15.2 Å². The first-order chi connectivity index (χ1) is 8.16. The van der Waals surface area contributed by atoms with Crippen LogP contribution >= 0.6 is 27.3 Å². The Hall–Kier alpha value is -0.880. The third kappa shape index (κ3) is 1.79. The van der Waals surface area contributed by atoms with Gasteiger partial charge in [-0.15, -0.1) is 11.3 Å². The first-order valence-electron chi connectivity index (χ1n) is 5.52. The maximum absolute atomic E-state index is 12.1. The first kappa shape index (κ1) is 11.2. The lowest BCUT2D eigenvalue weighted by molar-refractivity contribution is -0.128. The Bertz CT molecular complexity index is 466. The van der Waals surface area contributed by atoms with Gasteiger partial charge in [-0.05, 0) is 45.8 Å². The van der Waals surface area contributed by atoms with Crippen molar-refractivity contribution < 1.29 is 9.59 Å². The minimum atomic E-state index is -0.190. The van der Waals surface area contributed by atoms with Crippen molar-refractivity contribution in [1.82, 2.24) is 9.80 Å². The number of nitrogens with zero attached hydrogens (tertiary/aromatic N) is 2. The normalized spacial score (nSPS) is 23.7. The van der Waals surface area contributed by atoms with Crippen LogP contribution in [0.5, 0.6) is 0 Å². The van der Waals surface area contributed by atoms with Gasteiger partial charge in [-0.3, -0.25) is 9.69 Å². The van der Waals surface area contributed by atoms with Gasteiger partial charge in [0.15, 0.2) is 0 Å². The molecule has 3 heterocycles. The zero-order valence-corrected chi connectivity index (χ0v) is 11.5. The standard InChI is InChI=1S/C11H11BrN2O2S/c12-9-4-7(6-17-9)5-14-10(15)8-2-1-3-13(8)11(14)16/h4,6,8H,1-3,5H2. The second-order valence-electron chi connectivity index (χ2n) is 4.32. The number of rotatable bonds is 2. The smallest absolute Gasteiger partial charge is 0.312 e. The number of fused-ring (bicyclic) bond motifs is 1. The van der Waals surface area contributed by atoms with Gasteiger partial charge in [-0.1, -0.05) is 0 Å². The highest BCUT2D eigenvalue weighted by atomic mass is 79.9. The molecular weight excluding hydrogens is 304 g/mol. The van der Waals surface area contributed by atoms with Crippen molar-refractivity contribution in [3.63, 3.8) is 0 Å². The SMILES string of the molecule is O=C1C2CCCN2C(=O)N1Cc1csc(Br)c1. The van der Waals surface area contributed by atoms with Crippen molar-refractivity contribution in [2.45, 2.75) is 25.4 Å². The summed E-state index contributed by atoms with van der Waals surface area (Å²) in [5.74, 6) is -0.0326.